The zero-order valence-electron chi connectivity index (χ0n) is 8.92. The van der Waals surface area contributed by atoms with E-state index in [-0.39, 0.29) is 5.57 Å². The third-order valence-corrected chi connectivity index (χ3v) is 2.00. The normalized spacial score (nSPS) is 10.9. The number of aromatic nitrogens is 1. The highest BCUT2D eigenvalue weighted by molar-refractivity contribution is 5.97. The molecule has 0 bridgehead atoms. The second-order valence-electron chi connectivity index (χ2n) is 3.21. The molecule has 0 aliphatic heterocycles. The summed E-state index contributed by atoms with van der Waals surface area (Å²) in [5.41, 5.74) is 2.72. The summed E-state index contributed by atoms with van der Waals surface area (Å²) in [6.45, 7) is 3.82. The summed E-state index contributed by atoms with van der Waals surface area (Å²) < 4.78 is 4.48. The molecule has 1 aromatic rings. The largest absolute Gasteiger partial charge is 0.465 e. The van der Waals surface area contributed by atoms with Crippen LogP contribution in [0.3, 0.4) is 0 Å². The Hall–Kier alpha value is -2.02. The number of hydrogen-bond acceptors (Lipinski definition) is 3. The third-order valence-electron chi connectivity index (χ3n) is 2.00. The maximum Gasteiger partial charge on any atom is 0.348 e. The fourth-order valence-corrected chi connectivity index (χ4v) is 1.29. The number of H-pyrrole nitrogens is 1. The Morgan fingerprint density at radius 3 is 2.67 bits per heavy atom. The van der Waals surface area contributed by atoms with Crippen LogP contribution < -0.4 is 0 Å². The molecule has 0 amide bonds. The van der Waals surface area contributed by atoms with E-state index in [1.165, 1.54) is 13.2 Å². The van der Waals surface area contributed by atoms with Crippen LogP contribution in [0.1, 0.15) is 17.0 Å². The summed E-state index contributed by atoms with van der Waals surface area (Å²) in [4.78, 5) is 14.2. The number of aryl methyl sites for hydroxylation is 2. The monoisotopic (exact) mass is 204 g/mol. The van der Waals surface area contributed by atoms with Gasteiger partial charge in [0.25, 0.3) is 0 Å². The van der Waals surface area contributed by atoms with Gasteiger partial charge in [-0.2, -0.15) is 5.26 Å². The quantitative estimate of drug-likeness (QED) is 0.453. The second-order valence-corrected chi connectivity index (χ2v) is 3.21. The van der Waals surface area contributed by atoms with E-state index in [0.717, 1.165) is 17.0 Å². The molecule has 1 N–H and O–H groups in total. The Labute approximate surface area is 88.2 Å². The molecule has 78 valence electrons. The van der Waals surface area contributed by atoms with E-state index in [2.05, 4.69) is 9.72 Å². The van der Waals surface area contributed by atoms with Gasteiger partial charge in [0.05, 0.1) is 7.11 Å². The molecular weight excluding hydrogens is 192 g/mol. The Morgan fingerprint density at radius 1 is 1.60 bits per heavy atom. The van der Waals surface area contributed by atoms with Crippen LogP contribution in [0.15, 0.2) is 11.6 Å². The van der Waals surface area contributed by atoms with E-state index in [0.29, 0.717) is 0 Å². The van der Waals surface area contributed by atoms with Crippen LogP contribution in [0.5, 0.6) is 0 Å². The standard InChI is InChI=1S/C11H12N2O2/c1-7-4-8(2)13-10(7)5-9(6-12)11(14)15-3/h4-5,13H,1-3H3/b9-5+. The van der Waals surface area contributed by atoms with Crippen molar-refractivity contribution in [3.05, 3.63) is 28.6 Å². The van der Waals surface area contributed by atoms with Crippen LogP contribution >= 0.6 is 0 Å². The minimum absolute atomic E-state index is 0.0116. The maximum atomic E-state index is 11.1. The lowest BCUT2D eigenvalue weighted by atomic mass is 10.2. The van der Waals surface area contributed by atoms with Gasteiger partial charge in [0.1, 0.15) is 11.6 Å². The Morgan fingerprint density at radius 2 is 2.27 bits per heavy atom. The van der Waals surface area contributed by atoms with E-state index in [9.17, 15) is 4.79 Å². The van der Waals surface area contributed by atoms with Crippen molar-refractivity contribution in [2.24, 2.45) is 0 Å². The number of ether oxygens (including phenoxy) is 1. The first-order chi connectivity index (χ1) is 7.08. The predicted octanol–water partition coefficient (Wildman–Crippen LogP) is 1.71. The average molecular weight is 204 g/mol. The van der Waals surface area contributed by atoms with E-state index in [1.807, 2.05) is 19.9 Å². The van der Waals surface area contributed by atoms with Gasteiger partial charge in [-0.3, -0.25) is 0 Å². The van der Waals surface area contributed by atoms with Crippen LogP contribution in [-0.4, -0.2) is 18.1 Å². The molecule has 0 aromatic carbocycles. The van der Waals surface area contributed by atoms with Crippen molar-refractivity contribution in [1.29, 1.82) is 5.26 Å². The zero-order chi connectivity index (χ0) is 11.4. The van der Waals surface area contributed by atoms with E-state index in [4.69, 9.17) is 5.26 Å². The fourth-order valence-electron chi connectivity index (χ4n) is 1.29. The van der Waals surface area contributed by atoms with Crippen LogP contribution in [0, 0.1) is 25.2 Å². The molecule has 0 aliphatic carbocycles. The number of nitriles is 1. The second kappa shape index (κ2) is 4.47. The highest BCUT2D eigenvalue weighted by Crippen LogP contribution is 2.13. The Bertz CT molecular complexity index is 450. The van der Waals surface area contributed by atoms with Crippen molar-refractivity contribution in [3.63, 3.8) is 0 Å². The molecule has 0 radical (unpaired) electrons. The SMILES string of the molecule is COC(=O)/C(C#N)=C/c1[nH]c(C)cc1C. The van der Waals surface area contributed by atoms with Gasteiger partial charge in [-0.1, -0.05) is 0 Å². The molecular formula is C11H12N2O2. The molecule has 15 heavy (non-hydrogen) atoms. The molecule has 1 aromatic heterocycles. The summed E-state index contributed by atoms with van der Waals surface area (Å²) in [5.74, 6) is -0.621. The molecule has 4 heteroatoms. The number of rotatable bonds is 2. The zero-order valence-corrected chi connectivity index (χ0v) is 8.92. The van der Waals surface area contributed by atoms with Crippen LogP contribution in [0.4, 0.5) is 0 Å². The predicted molar refractivity (Wildman–Crippen MR) is 55.9 cm³/mol. The molecule has 0 fully saturated rings. The van der Waals surface area contributed by atoms with Crippen molar-refractivity contribution in [2.45, 2.75) is 13.8 Å². The molecule has 0 saturated heterocycles. The lowest BCUT2D eigenvalue weighted by Gasteiger charge is -1.96. The van der Waals surface area contributed by atoms with E-state index >= 15 is 0 Å². The van der Waals surface area contributed by atoms with Crippen LogP contribution in [0.25, 0.3) is 6.08 Å². The summed E-state index contributed by atoms with van der Waals surface area (Å²) in [7, 11) is 1.25. The minimum atomic E-state index is -0.621. The highest BCUT2D eigenvalue weighted by Gasteiger charge is 2.09. The maximum absolute atomic E-state index is 11.1. The van der Waals surface area contributed by atoms with Gasteiger partial charge in [-0.05, 0) is 31.6 Å². The smallest absolute Gasteiger partial charge is 0.348 e. The number of methoxy groups -OCH3 is 1. The topological polar surface area (TPSA) is 65.9 Å². The van der Waals surface area contributed by atoms with Crippen LogP contribution in [-0.2, 0) is 9.53 Å². The van der Waals surface area contributed by atoms with Gasteiger partial charge in [0, 0.05) is 11.4 Å². The van der Waals surface area contributed by atoms with Gasteiger partial charge in [0.2, 0.25) is 0 Å². The molecule has 4 nitrogen and oxygen atoms in total. The minimum Gasteiger partial charge on any atom is -0.465 e. The summed E-state index contributed by atoms with van der Waals surface area (Å²) in [6, 6.07) is 3.75. The molecule has 0 spiro atoms. The number of carbonyl (C=O) groups is 1. The first-order valence-electron chi connectivity index (χ1n) is 4.44. The average Bonchev–Trinajstić information content (AvgIpc) is 2.52. The van der Waals surface area contributed by atoms with E-state index in [1.54, 1.807) is 6.07 Å². The Balaban J connectivity index is 3.10. The van der Waals surface area contributed by atoms with Gasteiger partial charge in [0.15, 0.2) is 0 Å². The molecule has 0 atom stereocenters. The summed E-state index contributed by atoms with van der Waals surface area (Å²) >= 11 is 0. The van der Waals surface area contributed by atoms with Gasteiger partial charge < -0.3 is 9.72 Å². The number of nitrogens with one attached hydrogen (secondary N) is 1. The van der Waals surface area contributed by atoms with Gasteiger partial charge in [-0.25, -0.2) is 4.79 Å². The summed E-state index contributed by atoms with van der Waals surface area (Å²) in [6.07, 6.45) is 1.49. The third kappa shape index (κ3) is 2.47. The number of esters is 1. The van der Waals surface area contributed by atoms with Gasteiger partial charge >= 0.3 is 5.97 Å². The molecule has 0 saturated carbocycles. The first-order valence-corrected chi connectivity index (χ1v) is 4.44. The number of aromatic amines is 1. The Kier molecular flexibility index (Phi) is 3.29. The molecule has 0 aliphatic rings. The fraction of sp³-hybridized carbons (Fsp3) is 0.273. The summed E-state index contributed by atoms with van der Waals surface area (Å²) in [5, 5.41) is 8.75. The first kappa shape index (κ1) is 11.1. The number of hydrogen-bond donors (Lipinski definition) is 1. The highest BCUT2D eigenvalue weighted by atomic mass is 16.5. The number of carbonyl (C=O) groups excluding carboxylic acids is 1. The number of nitrogens with zero attached hydrogens (tertiary/aromatic N) is 1. The van der Waals surface area contributed by atoms with Crippen molar-refractivity contribution in [2.75, 3.05) is 7.11 Å². The lowest BCUT2D eigenvalue weighted by molar-refractivity contribution is -0.135. The van der Waals surface area contributed by atoms with Crippen molar-refractivity contribution in [3.8, 4) is 6.07 Å². The van der Waals surface area contributed by atoms with Crippen LogP contribution in [0.2, 0.25) is 0 Å². The van der Waals surface area contributed by atoms with Crippen molar-refractivity contribution < 1.29 is 9.53 Å². The van der Waals surface area contributed by atoms with Gasteiger partial charge in [-0.15, -0.1) is 0 Å². The molecule has 1 rings (SSSR count). The van der Waals surface area contributed by atoms with Crippen molar-refractivity contribution >= 4 is 12.0 Å². The molecule has 0 unspecified atom stereocenters. The van der Waals surface area contributed by atoms with Crippen molar-refractivity contribution in [1.82, 2.24) is 4.98 Å². The molecule has 1 heterocycles. The lowest BCUT2D eigenvalue weighted by Crippen LogP contribution is -2.02. The van der Waals surface area contributed by atoms with E-state index < -0.39 is 5.97 Å².